The number of hydrogen-bond acceptors (Lipinski definition) is 8. The summed E-state index contributed by atoms with van der Waals surface area (Å²) in [7, 11) is 7.27. The minimum absolute atomic E-state index is 0.0000822. The molecule has 0 aliphatic carbocycles. The summed E-state index contributed by atoms with van der Waals surface area (Å²) in [6.07, 6.45) is 2.07. The number of hydrogen-bond donors (Lipinski definition) is 1. The van der Waals surface area contributed by atoms with Crippen molar-refractivity contribution in [3.05, 3.63) is 87.7 Å². The fourth-order valence-corrected chi connectivity index (χ4v) is 4.90. The molecule has 1 N–H and O–H groups in total. The molecular formula is C34H36FN5O5. The number of aromatic nitrogens is 3. The van der Waals surface area contributed by atoms with E-state index < -0.39 is 11.7 Å². The molecule has 0 radical (unpaired) electrons. The molecule has 2 heterocycles. The first-order valence-corrected chi connectivity index (χ1v) is 14.5. The molecular weight excluding hydrogens is 577 g/mol. The summed E-state index contributed by atoms with van der Waals surface area (Å²) in [5.74, 6) is -0.401. The van der Waals surface area contributed by atoms with E-state index in [2.05, 4.69) is 15.3 Å². The van der Waals surface area contributed by atoms with Gasteiger partial charge in [-0.25, -0.2) is 14.4 Å². The van der Waals surface area contributed by atoms with Crippen LogP contribution in [0.3, 0.4) is 0 Å². The summed E-state index contributed by atoms with van der Waals surface area (Å²) >= 11 is 0. The van der Waals surface area contributed by atoms with Gasteiger partial charge in [-0.1, -0.05) is 13.0 Å². The van der Waals surface area contributed by atoms with Crippen LogP contribution in [0.5, 0.6) is 23.1 Å². The highest BCUT2D eigenvalue weighted by Crippen LogP contribution is 2.37. The zero-order valence-electron chi connectivity index (χ0n) is 26.4. The highest BCUT2D eigenvalue weighted by molar-refractivity contribution is 6.07. The average molecular weight is 614 g/mol. The molecule has 1 atom stereocenters. The number of fused-ring (bicyclic) bond motifs is 2. The first-order valence-electron chi connectivity index (χ1n) is 14.5. The van der Waals surface area contributed by atoms with E-state index in [0.717, 1.165) is 23.6 Å². The monoisotopic (exact) mass is 613 g/mol. The average Bonchev–Trinajstić information content (AvgIpc) is 3.03. The Labute approximate surface area is 260 Å². The third-order valence-electron chi connectivity index (χ3n) is 8.04. The van der Waals surface area contributed by atoms with Crippen molar-refractivity contribution in [3.8, 4) is 23.1 Å². The van der Waals surface area contributed by atoms with Crippen LogP contribution in [0, 0.1) is 12.7 Å². The number of rotatable bonds is 10. The molecule has 234 valence electrons. The van der Waals surface area contributed by atoms with E-state index in [1.807, 2.05) is 55.6 Å². The predicted octanol–water partition coefficient (Wildman–Crippen LogP) is 5.87. The SMILES string of the molecule is CCc1ccc2c(c1)c(=O)c(C(=O)Nc1ccc(Oc3ncnc4cc(OCC(C)N(C)C)c(OC)cc34)c(F)c1)c(C)n2C. The highest BCUT2D eigenvalue weighted by atomic mass is 19.1. The number of amides is 1. The molecule has 0 fully saturated rings. The van der Waals surface area contributed by atoms with Gasteiger partial charge in [-0.15, -0.1) is 0 Å². The standard InChI is InChI=1S/C34H36FN5O5/c1-8-21-9-11-27-24(13-21)32(41)31(20(3)40(27)6)33(42)38-22-10-12-28(25(35)14-22)45-34-23-15-29(43-7)30(16-26(23)36-18-37-34)44-17-19(2)39(4)5/h9-16,18-19H,8,17H2,1-7H3,(H,38,42). The van der Waals surface area contributed by atoms with E-state index in [1.54, 1.807) is 26.1 Å². The maximum atomic E-state index is 15.3. The number of anilines is 1. The van der Waals surface area contributed by atoms with Gasteiger partial charge in [0.05, 0.1) is 23.5 Å². The van der Waals surface area contributed by atoms with Gasteiger partial charge >= 0.3 is 0 Å². The van der Waals surface area contributed by atoms with E-state index in [0.29, 0.717) is 40.1 Å². The second-order valence-corrected chi connectivity index (χ2v) is 11.1. The normalized spacial score (nSPS) is 12.0. The Hall–Kier alpha value is -5.03. The second kappa shape index (κ2) is 12.9. The number of nitrogens with zero attached hydrogens (tertiary/aromatic N) is 4. The maximum Gasteiger partial charge on any atom is 0.261 e. The highest BCUT2D eigenvalue weighted by Gasteiger charge is 2.21. The molecule has 5 aromatic rings. The number of aryl methyl sites for hydroxylation is 2. The number of carbonyl (C=O) groups is 1. The lowest BCUT2D eigenvalue weighted by atomic mass is 10.0. The summed E-state index contributed by atoms with van der Waals surface area (Å²) in [5.41, 5.74) is 2.54. The third-order valence-corrected chi connectivity index (χ3v) is 8.04. The van der Waals surface area contributed by atoms with Crippen molar-refractivity contribution < 1.29 is 23.4 Å². The zero-order valence-corrected chi connectivity index (χ0v) is 26.4. The molecule has 3 aromatic carbocycles. The molecule has 0 saturated heterocycles. The van der Waals surface area contributed by atoms with E-state index in [-0.39, 0.29) is 34.4 Å². The van der Waals surface area contributed by atoms with Crippen LogP contribution in [0.2, 0.25) is 0 Å². The van der Waals surface area contributed by atoms with Gasteiger partial charge < -0.3 is 29.0 Å². The Morgan fingerprint density at radius 2 is 1.82 bits per heavy atom. The predicted molar refractivity (Wildman–Crippen MR) is 172 cm³/mol. The fraction of sp³-hybridized carbons (Fsp3) is 0.294. The van der Waals surface area contributed by atoms with E-state index in [1.165, 1.54) is 25.6 Å². The van der Waals surface area contributed by atoms with Crippen molar-refractivity contribution in [2.45, 2.75) is 33.2 Å². The summed E-state index contributed by atoms with van der Waals surface area (Å²) < 4.78 is 34.5. The van der Waals surface area contributed by atoms with Gasteiger partial charge in [-0.3, -0.25) is 9.59 Å². The maximum absolute atomic E-state index is 15.3. The van der Waals surface area contributed by atoms with Gasteiger partial charge in [0.1, 0.15) is 18.5 Å². The molecule has 2 aromatic heterocycles. The molecule has 0 bridgehead atoms. The van der Waals surface area contributed by atoms with Crippen molar-refractivity contribution in [2.75, 3.05) is 33.1 Å². The Morgan fingerprint density at radius 1 is 1.04 bits per heavy atom. The number of pyridine rings is 1. The van der Waals surface area contributed by atoms with Crippen molar-refractivity contribution >= 4 is 33.4 Å². The summed E-state index contributed by atoms with van der Waals surface area (Å²) in [5, 5.41) is 3.61. The molecule has 1 unspecified atom stereocenters. The molecule has 0 spiro atoms. The first kappa shape index (κ1) is 31.4. The number of benzene rings is 3. The minimum Gasteiger partial charge on any atom is -0.493 e. The number of ether oxygens (including phenoxy) is 3. The second-order valence-electron chi connectivity index (χ2n) is 11.1. The van der Waals surface area contributed by atoms with E-state index >= 15 is 4.39 Å². The Balaban J connectivity index is 1.40. The summed E-state index contributed by atoms with van der Waals surface area (Å²) in [4.78, 5) is 37.3. The van der Waals surface area contributed by atoms with Crippen LogP contribution in [0.25, 0.3) is 21.8 Å². The number of nitrogens with one attached hydrogen (secondary N) is 1. The summed E-state index contributed by atoms with van der Waals surface area (Å²) in [6, 6.07) is 13.2. The van der Waals surface area contributed by atoms with Gasteiger partial charge in [-0.05, 0) is 70.3 Å². The lowest BCUT2D eigenvalue weighted by Crippen LogP contribution is -2.30. The smallest absolute Gasteiger partial charge is 0.261 e. The van der Waals surface area contributed by atoms with Crippen LogP contribution in [0.1, 0.15) is 35.5 Å². The van der Waals surface area contributed by atoms with E-state index in [9.17, 15) is 9.59 Å². The Morgan fingerprint density at radius 3 is 2.51 bits per heavy atom. The first-order chi connectivity index (χ1) is 21.5. The van der Waals surface area contributed by atoms with Gasteiger partial charge in [0.25, 0.3) is 5.91 Å². The van der Waals surface area contributed by atoms with Crippen LogP contribution in [-0.4, -0.2) is 59.2 Å². The van der Waals surface area contributed by atoms with E-state index in [4.69, 9.17) is 14.2 Å². The largest absolute Gasteiger partial charge is 0.493 e. The van der Waals surface area contributed by atoms with Crippen molar-refractivity contribution in [1.29, 1.82) is 0 Å². The molecule has 45 heavy (non-hydrogen) atoms. The van der Waals surface area contributed by atoms with Crippen molar-refractivity contribution in [1.82, 2.24) is 19.4 Å². The summed E-state index contributed by atoms with van der Waals surface area (Å²) in [6.45, 7) is 6.19. The quantitative estimate of drug-likeness (QED) is 0.208. The van der Waals surface area contributed by atoms with Crippen LogP contribution >= 0.6 is 0 Å². The number of likely N-dealkylation sites (N-methyl/N-ethyl adjacent to an activating group) is 1. The molecule has 0 aliphatic rings. The van der Waals surface area contributed by atoms with Gasteiger partial charge in [0.2, 0.25) is 11.3 Å². The topological polar surface area (TPSA) is 108 Å². The lowest BCUT2D eigenvalue weighted by molar-refractivity contribution is 0.102. The lowest BCUT2D eigenvalue weighted by Gasteiger charge is -2.21. The Kier molecular flexibility index (Phi) is 9.01. The van der Waals surface area contributed by atoms with Crippen LogP contribution in [0.15, 0.2) is 59.7 Å². The molecule has 0 saturated carbocycles. The number of carbonyl (C=O) groups excluding carboxylic acids is 1. The fourth-order valence-electron chi connectivity index (χ4n) is 4.90. The minimum atomic E-state index is -0.736. The zero-order chi connectivity index (χ0) is 32.4. The Bertz CT molecular complexity index is 1970. The molecule has 1 amide bonds. The number of methoxy groups -OCH3 is 1. The molecule has 11 heteroatoms. The third kappa shape index (κ3) is 6.30. The van der Waals surface area contributed by atoms with Crippen molar-refractivity contribution in [3.63, 3.8) is 0 Å². The van der Waals surface area contributed by atoms with Gasteiger partial charge in [-0.2, -0.15) is 0 Å². The van der Waals surface area contributed by atoms with Crippen LogP contribution < -0.4 is 25.0 Å². The molecule has 0 aliphatic heterocycles. The molecule has 10 nitrogen and oxygen atoms in total. The number of halogens is 1. The van der Waals surface area contributed by atoms with Crippen molar-refractivity contribution in [2.24, 2.45) is 7.05 Å². The van der Waals surface area contributed by atoms with Gasteiger partial charge in [0.15, 0.2) is 23.1 Å². The van der Waals surface area contributed by atoms with Gasteiger partial charge in [0, 0.05) is 42.0 Å². The van der Waals surface area contributed by atoms with Crippen LogP contribution in [-0.2, 0) is 13.5 Å². The van der Waals surface area contributed by atoms with Crippen LogP contribution in [0.4, 0.5) is 10.1 Å². The molecule has 5 rings (SSSR count).